The molecule has 0 saturated heterocycles. The Labute approximate surface area is 116 Å². The van der Waals surface area contributed by atoms with Crippen LogP contribution >= 0.6 is 11.6 Å². The average molecular weight is 279 g/mol. The molecule has 1 aromatic carbocycles. The van der Waals surface area contributed by atoms with E-state index in [1.165, 1.54) is 18.1 Å². The number of aromatic amines is 1. The number of rotatable bonds is 3. The van der Waals surface area contributed by atoms with Crippen LogP contribution in [0.3, 0.4) is 0 Å². The van der Waals surface area contributed by atoms with Gasteiger partial charge in [0.05, 0.1) is 7.11 Å². The minimum Gasteiger partial charge on any atom is -0.453 e. The van der Waals surface area contributed by atoms with E-state index >= 15 is 0 Å². The maximum absolute atomic E-state index is 11.2. The van der Waals surface area contributed by atoms with Crippen LogP contribution in [0.25, 0.3) is 10.9 Å². The highest BCUT2D eigenvalue weighted by atomic mass is 35.5. The van der Waals surface area contributed by atoms with Crippen molar-refractivity contribution >= 4 is 28.6 Å². The van der Waals surface area contributed by atoms with Crippen LogP contribution in [-0.4, -0.2) is 24.7 Å². The molecular formula is C14H15ClN2O2. The van der Waals surface area contributed by atoms with Crippen molar-refractivity contribution in [1.29, 1.82) is 0 Å². The van der Waals surface area contributed by atoms with E-state index < -0.39 is 0 Å². The van der Waals surface area contributed by atoms with Gasteiger partial charge in [-0.15, -0.1) is 0 Å². The molecule has 1 saturated carbocycles. The second kappa shape index (κ2) is 4.46. The molecule has 0 bridgehead atoms. The Morgan fingerprint density at radius 3 is 3.00 bits per heavy atom. The number of aromatic nitrogens is 1. The average Bonchev–Trinajstić information content (AvgIpc) is 3.09. The molecule has 2 N–H and O–H groups in total. The molecule has 0 atom stereocenters. The Balaban J connectivity index is 1.89. The van der Waals surface area contributed by atoms with Crippen LogP contribution in [0.5, 0.6) is 0 Å². The van der Waals surface area contributed by atoms with Crippen molar-refractivity contribution in [3.05, 3.63) is 35.0 Å². The molecule has 5 heteroatoms. The number of H-pyrrole nitrogens is 1. The molecule has 1 aliphatic carbocycles. The molecule has 0 spiro atoms. The van der Waals surface area contributed by atoms with Crippen molar-refractivity contribution in [2.24, 2.45) is 0 Å². The van der Waals surface area contributed by atoms with Crippen molar-refractivity contribution in [3.8, 4) is 0 Å². The van der Waals surface area contributed by atoms with Gasteiger partial charge in [-0.3, -0.25) is 0 Å². The van der Waals surface area contributed by atoms with Crippen molar-refractivity contribution in [3.63, 3.8) is 0 Å². The lowest BCUT2D eigenvalue weighted by Gasteiger charge is -2.15. The first-order valence-corrected chi connectivity index (χ1v) is 6.61. The number of methoxy groups -OCH3 is 1. The molecule has 1 aliphatic rings. The monoisotopic (exact) mass is 278 g/mol. The SMILES string of the molecule is COC(=O)NCC1(c2c[nH]c3cc(Cl)ccc23)CC1. The van der Waals surface area contributed by atoms with E-state index in [1.54, 1.807) is 0 Å². The Morgan fingerprint density at radius 1 is 1.53 bits per heavy atom. The van der Waals surface area contributed by atoms with Crippen LogP contribution in [0, 0.1) is 0 Å². The summed E-state index contributed by atoms with van der Waals surface area (Å²) in [6.45, 7) is 0.606. The highest BCUT2D eigenvalue weighted by molar-refractivity contribution is 6.31. The third kappa shape index (κ3) is 2.16. The summed E-state index contributed by atoms with van der Waals surface area (Å²) >= 11 is 5.99. The molecule has 0 radical (unpaired) electrons. The molecule has 1 heterocycles. The van der Waals surface area contributed by atoms with E-state index in [0.717, 1.165) is 23.4 Å². The number of fused-ring (bicyclic) bond motifs is 1. The van der Waals surface area contributed by atoms with E-state index in [4.69, 9.17) is 11.6 Å². The van der Waals surface area contributed by atoms with Gasteiger partial charge < -0.3 is 15.0 Å². The van der Waals surface area contributed by atoms with Gasteiger partial charge in [0.2, 0.25) is 0 Å². The highest BCUT2D eigenvalue weighted by Crippen LogP contribution is 2.50. The summed E-state index contributed by atoms with van der Waals surface area (Å²) < 4.78 is 4.62. The van der Waals surface area contributed by atoms with Crippen molar-refractivity contribution in [2.45, 2.75) is 18.3 Å². The molecular weight excluding hydrogens is 264 g/mol. The van der Waals surface area contributed by atoms with Crippen molar-refractivity contribution in [1.82, 2.24) is 10.3 Å². The summed E-state index contributed by atoms with van der Waals surface area (Å²) in [4.78, 5) is 14.5. The lowest BCUT2D eigenvalue weighted by molar-refractivity contribution is 0.170. The molecule has 3 rings (SSSR count). The molecule has 1 amide bonds. The molecule has 100 valence electrons. The van der Waals surface area contributed by atoms with Crippen LogP contribution in [0.15, 0.2) is 24.4 Å². The number of hydrogen-bond donors (Lipinski definition) is 2. The number of amides is 1. The zero-order chi connectivity index (χ0) is 13.5. The first-order valence-electron chi connectivity index (χ1n) is 6.24. The van der Waals surface area contributed by atoms with Gasteiger partial charge in [-0.05, 0) is 30.5 Å². The summed E-state index contributed by atoms with van der Waals surface area (Å²) in [6.07, 6.45) is 3.79. The standard InChI is InChI=1S/C14H15ClN2O2/c1-19-13(18)17-8-14(4-5-14)11-7-16-12-6-9(15)2-3-10(11)12/h2-3,6-7,16H,4-5,8H2,1H3,(H,17,18). The van der Waals surface area contributed by atoms with Gasteiger partial charge in [0.15, 0.2) is 0 Å². The van der Waals surface area contributed by atoms with Gasteiger partial charge in [-0.2, -0.15) is 0 Å². The van der Waals surface area contributed by atoms with Gasteiger partial charge in [-0.1, -0.05) is 17.7 Å². The number of carbonyl (C=O) groups is 1. The minimum atomic E-state index is -0.380. The summed E-state index contributed by atoms with van der Waals surface area (Å²) in [5.74, 6) is 0. The normalized spacial score (nSPS) is 16.3. The molecule has 1 fully saturated rings. The summed E-state index contributed by atoms with van der Waals surface area (Å²) in [7, 11) is 1.38. The Bertz CT molecular complexity index is 631. The van der Waals surface area contributed by atoms with E-state index in [-0.39, 0.29) is 11.5 Å². The smallest absolute Gasteiger partial charge is 0.406 e. The predicted molar refractivity (Wildman–Crippen MR) is 74.6 cm³/mol. The van der Waals surface area contributed by atoms with E-state index in [2.05, 4.69) is 15.0 Å². The molecule has 1 aromatic heterocycles. The van der Waals surface area contributed by atoms with Gasteiger partial charge in [0, 0.05) is 34.1 Å². The maximum Gasteiger partial charge on any atom is 0.406 e. The third-order valence-electron chi connectivity index (χ3n) is 3.83. The largest absolute Gasteiger partial charge is 0.453 e. The van der Waals surface area contributed by atoms with E-state index in [1.807, 2.05) is 24.4 Å². The number of halogens is 1. The topological polar surface area (TPSA) is 54.1 Å². The lowest BCUT2D eigenvalue weighted by Crippen LogP contribution is -2.31. The quantitative estimate of drug-likeness (QED) is 0.906. The zero-order valence-electron chi connectivity index (χ0n) is 10.6. The van der Waals surface area contributed by atoms with Gasteiger partial charge in [0.1, 0.15) is 0 Å². The van der Waals surface area contributed by atoms with Crippen LogP contribution < -0.4 is 5.32 Å². The number of hydrogen-bond acceptors (Lipinski definition) is 2. The Morgan fingerprint density at radius 2 is 2.32 bits per heavy atom. The minimum absolute atomic E-state index is 0.0419. The van der Waals surface area contributed by atoms with E-state index in [9.17, 15) is 4.79 Å². The number of ether oxygens (including phenoxy) is 1. The second-order valence-electron chi connectivity index (χ2n) is 5.02. The predicted octanol–water partition coefficient (Wildman–Crippen LogP) is 3.21. The summed E-state index contributed by atoms with van der Waals surface area (Å²) in [5, 5.41) is 4.69. The number of benzene rings is 1. The highest BCUT2D eigenvalue weighted by Gasteiger charge is 2.45. The molecule has 4 nitrogen and oxygen atoms in total. The van der Waals surface area contributed by atoms with Crippen LogP contribution in [0.1, 0.15) is 18.4 Å². The molecule has 0 unspecified atom stereocenters. The van der Waals surface area contributed by atoms with Crippen LogP contribution in [0.4, 0.5) is 4.79 Å². The van der Waals surface area contributed by atoms with Crippen LogP contribution in [-0.2, 0) is 10.2 Å². The molecule has 2 aromatic rings. The third-order valence-corrected chi connectivity index (χ3v) is 4.06. The van der Waals surface area contributed by atoms with Crippen molar-refractivity contribution < 1.29 is 9.53 Å². The number of alkyl carbamates (subject to hydrolysis) is 1. The maximum atomic E-state index is 11.2. The van der Waals surface area contributed by atoms with E-state index in [0.29, 0.717) is 6.54 Å². The van der Waals surface area contributed by atoms with Gasteiger partial charge in [-0.25, -0.2) is 4.79 Å². The Kier molecular flexibility index (Phi) is 2.90. The first kappa shape index (κ1) is 12.4. The fraction of sp³-hybridized carbons (Fsp3) is 0.357. The second-order valence-corrected chi connectivity index (χ2v) is 5.45. The zero-order valence-corrected chi connectivity index (χ0v) is 11.4. The number of carbonyl (C=O) groups excluding carboxylic acids is 1. The number of nitrogens with one attached hydrogen (secondary N) is 2. The fourth-order valence-electron chi connectivity index (χ4n) is 2.54. The van der Waals surface area contributed by atoms with Crippen LogP contribution in [0.2, 0.25) is 5.02 Å². The first-order chi connectivity index (χ1) is 9.14. The van der Waals surface area contributed by atoms with Gasteiger partial charge >= 0.3 is 6.09 Å². The summed E-state index contributed by atoms with van der Waals surface area (Å²) in [5.41, 5.74) is 2.32. The van der Waals surface area contributed by atoms with Crippen molar-refractivity contribution in [2.75, 3.05) is 13.7 Å². The Hall–Kier alpha value is -1.68. The summed E-state index contributed by atoms with van der Waals surface area (Å²) in [6, 6.07) is 5.84. The molecule has 0 aliphatic heterocycles. The lowest BCUT2D eigenvalue weighted by atomic mass is 9.95. The van der Waals surface area contributed by atoms with Gasteiger partial charge in [0.25, 0.3) is 0 Å². The molecule has 19 heavy (non-hydrogen) atoms. The fourth-order valence-corrected chi connectivity index (χ4v) is 2.72.